The summed E-state index contributed by atoms with van der Waals surface area (Å²) < 4.78 is 24.6. The van der Waals surface area contributed by atoms with E-state index >= 15 is 0 Å². The molecule has 1 saturated heterocycles. The first-order valence-electron chi connectivity index (χ1n) is 3.71. The highest BCUT2D eigenvalue weighted by Crippen LogP contribution is 2.28. The zero-order valence-corrected chi connectivity index (χ0v) is 6.95. The summed E-state index contributed by atoms with van der Waals surface area (Å²) in [5.74, 6) is -5.14. The Morgan fingerprint density at radius 3 is 2.09 bits per heavy atom. The number of carbonyl (C=O) groups is 1. The zero-order chi connectivity index (χ0) is 9.07. The fraction of sp³-hybridized carbons (Fsp3) is 0.857. The first-order valence-corrected chi connectivity index (χ1v) is 3.71. The molecule has 0 aromatic heterocycles. The molecule has 0 radical (unpaired) electrons. The van der Waals surface area contributed by atoms with Gasteiger partial charge in [-0.3, -0.25) is 4.79 Å². The summed E-state index contributed by atoms with van der Waals surface area (Å²) in [7, 11) is 0. The summed E-state index contributed by atoms with van der Waals surface area (Å²) in [6, 6.07) is 0. The van der Waals surface area contributed by atoms with E-state index in [2.05, 4.69) is 5.32 Å². The third-order valence-electron chi connectivity index (χ3n) is 1.49. The van der Waals surface area contributed by atoms with Crippen LogP contribution < -0.4 is 5.32 Å². The van der Waals surface area contributed by atoms with Crippen LogP contribution in [0.1, 0.15) is 20.8 Å². The molecule has 0 aliphatic carbocycles. The number of nitrogens with one attached hydrogen (secondary N) is 1. The molecule has 0 aromatic rings. The summed E-state index contributed by atoms with van der Waals surface area (Å²) in [6.45, 7) is 5.43. The van der Waals surface area contributed by atoms with Crippen LogP contribution in [0.15, 0.2) is 0 Å². The average Bonchev–Trinajstić information content (AvgIpc) is 2.21. The van der Waals surface area contributed by atoms with Gasteiger partial charge in [-0.25, -0.2) is 0 Å². The molecule has 0 saturated carbocycles. The van der Waals surface area contributed by atoms with Gasteiger partial charge in [-0.1, -0.05) is 20.8 Å². The van der Waals surface area contributed by atoms with Gasteiger partial charge in [0, 0.05) is 12.5 Å². The van der Waals surface area contributed by atoms with E-state index in [1.165, 1.54) is 6.92 Å². The van der Waals surface area contributed by atoms with E-state index in [0.29, 0.717) is 0 Å². The number of carbonyl (C=O) groups excluding carboxylic acids is 1. The van der Waals surface area contributed by atoms with Crippen LogP contribution in [0.25, 0.3) is 0 Å². The maximum atomic E-state index is 12.3. The van der Waals surface area contributed by atoms with Crippen LogP contribution in [-0.4, -0.2) is 18.4 Å². The molecule has 1 aliphatic heterocycles. The van der Waals surface area contributed by atoms with E-state index in [1.807, 2.05) is 13.8 Å². The number of amides is 1. The van der Waals surface area contributed by atoms with E-state index in [1.54, 1.807) is 0 Å². The lowest BCUT2D eigenvalue weighted by Crippen LogP contribution is -2.31. The van der Waals surface area contributed by atoms with Crippen molar-refractivity contribution in [3.8, 4) is 0 Å². The molecule has 1 rings (SSSR count). The second kappa shape index (κ2) is 3.64. The second-order valence-electron chi connectivity index (χ2n) is 2.23. The Labute approximate surface area is 65.0 Å². The molecule has 0 spiro atoms. The molecule has 1 aliphatic rings. The van der Waals surface area contributed by atoms with E-state index < -0.39 is 17.7 Å². The van der Waals surface area contributed by atoms with Gasteiger partial charge in [-0.2, -0.15) is 8.78 Å². The minimum Gasteiger partial charge on any atom is -0.350 e. The standard InChI is InChI=1S/C5H7F2NO.C2H6/c1-3-2-8-4(9)5(3,6)7;1-2/h3H,2H2,1H3,(H,8,9);1-2H3. The minimum absolute atomic E-state index is 0.0891. The Morgan fingerprint density at radius 2 is 2.00 bits per heavy atom. The van der Waals surface area contributed by atoms with Crippen molar-refractivity contribution in [2.45, 2.75) is 26.7 Å². The van der Waals surface area contributed by atoms with Crippen molar-refractivity contribution < 1.29 is 13.6 Å². The molecule has 11 heavy (non-hydrogen) atoms. The van der Waals surface area contributed by atoms with E-state index in [-0.39, 0.29) is 6.54 Å². The Kier molecular flexibility index (Phi) is 3.42. The molecule has 66 valence electrons. The Balaban J connectivity index is 0.000000461. The minimum atomic E-state index is -3.14. The summed E-state index contributed by atoms with van der Waals surface area (Å²) in [5.41, 5.74) is 0. The molecule has 1 fully saturated rings. The van der Waals surface area contributed by atoms with Gasteiger partial charge in [-0.05, 0) is 0 Å². The van der Waals surface area contributed by atoms with Gasteiger partial charge in [0.1, 0.15) is 0 Å². The van der Waals surface area contributed by atoms with Crippen LogP contribution in [0.3, 0.4) is 0 Å². The van der Waals surface area contributed by atoms with Gasteiger partial charge in [0.2, 0.25) is 0 Å². The van der Waals surface area contributed by atoms with Gasteiger partial charge in [0.05, 0.1) is 0 Å². The molecule has 2 nitrogen and oxygen atoms in total. The lowest BCUT2D eigenvalue weighted by molar-refractivity contribution is -0.143. The van der Waals surface area contributed by atoms with Crippen molar-refractivity contribution in [1.82, 2.24) is 5.32 Å². The van der Waals surface area contributed by atoms with E-state index in [9.17, 15) is 13.6 Å². The van der Waals surface area contributed by atoms with Crippen molar-refractivity contribution in [2.24, 2.45) is 5.92 Å². The molecule has 0 bridgehead atoms. The second-order valence-corrected chi connectivity index (χ2v) is 2.23. The molecule has 1 N–H and O–H groups in total. The van der Waals surface area contributed by atoms with Gasteiger partial charge in [0.25, 0.3) is 5.91 Å². The molecular formula is C7H13F2NO. The number of hydrogen-bond acceptors (Lipinski definition) is 1. The number of hydrogen-bond donors (Lipinski definition) is 1. The highest BCUT2D eigenvalue weighted by Gasteiger charge is 2.49. The maximum Gasteiger partial charge on any atom is 0.328 e. The topological polar surface area (TPSA) is 29.1 Å². The monoisotopic (exact) mass is 165 g/mol. The zero-order valence-electron chi connectivity index (χ0n) is 6.95. The van der Waals surface area contributed by atoms with Crippen LogP contribution in [0.5, 0.6) is 0 Å². The van der Waals surface area contributed by atoms with Crippen molar-refractivity contribution in [1.29, 1.82) is 0 Å². The van der Waals surface area contributed by atoms with Gasteiger partial charge >= 0.3 is 5.92 Å². The molecule has 1 heterocycles. The van der Waals surface area contributed by atoms with Crippen molar-refractivity contribution in [3.05, 3.63) is 0 Å². The maximum absolute atomic E-state index is 12.3. The molecular weight excluding hydrogens is 152 g/mol. The Bertz CT molecular complexity index is 147. The van der Waals surface area contributed by atoms with Gasteiger partial charge in [-0.15, -0.1) is 0 Å². The highest BCUT2D eigenvalue weighted by atomic mass is 19.3. The molecule has 4 heteroatoms. The van der Waals surface area contributed by atoms with Crippen LogP contribution in [-0.2, 0) is 4.79 Å². The van der Waals surface area contributed by atoms with Crippen molar-refractivity contribution >= 4 is 5.91 Å². The third kappa shape index (κ3) is 1.88. The fourth-order valence-corrected chi connectivity index (χ4v) is 0.716. The van der Waals surface area contributed by atoms with E-state index in [4.69, 9.17) is 0 Å². The van der Waals surface area contributed by atoms with E-state index in [0.717, 1.165) is 0 Å². The normalized spacial score (nSPS) is 27.0. The molecule has 1 amide bonds. The predicted molar refractivity (Wildman–Crippen MR) is 38.5 cm³/mol. The number of alkyl halides is 2. The lowest BCUT2D eigenvalue weighted by atomic mass is 10.1. The number of halogens is 2. The predicted octanol–water partition coefficient (Wildman–Crippen LogP) is 1.41. The smallest absolute Gasteiger partial charge is 0.328 e. The first-order chi connectivity index (χ1) is 5.05. The first kappa shape index (κ1) is 10.3. The van der Waals surface area contributed by atoms with Crippen LogP contribution in [0.2, 0.25) is 0 Å². The lowest BCUT2D eigenvalue weighted by Gasteiger charge is -2.08. The van der Waals surface area contributed by atoms with Crippen molar-refractivity contribution in [2.75, 3.05) is 6.54 Å². The summed E-state index contributed by atoms with van der Waals surface area (Å²) in [5, 5.41) is 2.07. The van der Waals surface area contributed by atoms with Crippen molar-refractivity contribution in [3.63, 3.8) is 0 Å². The highest BCUT2D eigenvalue weighted by molar-refractivity contribution is 5.85. The molecule has 1 atom stereocenters. The van der Waals surface area contributed by atoms with Gasteiger partial charge < -0.3 is 5.32 Å². The van der Waals surface area contributed by atoms with Crippen LogP contribution in [0, 0.1) is 5.92 Å². The largest absolute Gasteiger partial charge is 0.350 e. The van der Waals surface area contributed by atoms with Crippen LogP contribution in [0.4, 0.5) is 8.78 Å². The Hall–Kier alpha value is -0.670. The summed E-state index contributed by atoms with van der Waals surface area (Å²) >= 11 is 0. The number of rotatable bonds is 0. The third-order valence-corrected chi connectivity index (χ3v) is 1.49. The average molecular weight is 165 g/mol. The van der Waals surface area contributed by atoms with Crippen LogP contribution >= 0.6 is 0 Å². The van der Waals surface area contributed by atoms with Gasteiger partial charge in [0.15, 0.2) is 0 Å². The summed E-state index contributed by atoms with van der Waals surface area (Å²) in [4.78, 5) is 10.2. The molecule has 1 unspecified atom stereocenters. The fourth-order valence-electron chi connectivity index (χ4n) is 0.716. The molecule has 0 aromatic carbocycles. The Morgan fingerprint density at radius 1 is 1.55 bits per heavy atom. The summed E-state index contributed by atoms with van der Waals surface area (Å²) in [6.07, 6.45) is 0. The quantitative estimate of drug-likeness (QED) is 0.577. The SMILES string of the molecule is CC.CC1CNC(=O)C1(F)F.